The van der Waals surface area contributed by atoms with Crippen molar-refractivity contribution in [2.75, 3.05) is 18.0 Å². The first-order valence-electron chi connectivity index (χ1n) is 7.93. The van der Waals surface area contributed by atoms with Crippen LogP contribution in [-0.2, 0) is 4.79 Å². The standard InChI is InChI=1S/C16H20F3N3O3/c1-2-14(23)21-9-7-12(8-10-21)22(15(20)24)11-3-5-13(6-4-11)25-16(17,18)19/h3-6,12H,2,7-10H2,1H3,(H2,20,24). The zero-order valence-electron chi connectivity index (χ0n) is 13.8. The number of piperidine rings is 1. The maximum absolute atomic E-state index is 12.2. The molecule has 138 valence electrons. The number of nitrogens with two attached hydrogens (primary N) is 1. The molecule has 1 aromatic carbocycles. The van der Waals surface area contributed by atoms with E-state index < -0.39 is 12.4 Å². The number of hydrogen-bond acceptors (Lipinski definition) is 3. The van der Waals surface area contributed by atoms with Crippen molar-refractivity contribution in [2.45, 2.75) is 38.6 Å². The average molecular weight is 359 g/mol. The van der Waals surface area contributed by atoms with Crippen molar-refractivity contribution in [3.05, 3.63) is 24.3 Å². The van der Waals surface area contributed by atoms with Gasteiger partial charge in [-0.05, 0) is 37.1 Å². The summed E-state index contributed by atoms with van der Waals surface area (Å²) in [4.78, 5) is 26.6. The van der Waals surface area contributed by atoms with Crippen LogP contribution in [0.1, 0.15) is 26.2 Å². The van der Waals surface area contributed by atoms with Crippen LogP contribution in [0.5, 0.6) is 5.75 Å². The minimum Gasteiger partial charge on any atom is -0.406 e. The highest BCUT2D eigenvalue weighted by Gasteiger charge is 2.32. The number of benzene rings is 1. The summed E-state index contributed by atoms with van der Waals surface area (Å²) in [6.45, 7) is 2.81. The van der Waals surface area contributed by atoms with E-state index in [0.29, 0.717) is 38.0 Å². The lowest BCUT2D eigenvalue weighted by Crippen LogP contribution is -2.50. The summed E-state index contributed by atoms with van der Waals surface area (Å²) >= 11 is 0. The van der Waals surface area contributed by atoms with Crippen LogP contribution in [0.25, 0.3) is 0 Å². The van der Waals surface area contributed by atoms with Gasteiger partial charge in [0.2, 0.25) is 5.91 Å². The Hall–Kier alpha value is -2.45. The Kier molecular flexibility index (Phi) is 5.76. The molecule has 0 aliphatic carbocycles. The SMILES string of the molecule is CCC(=O)N1CCC(N(C(N)=O)c2ccc(OC(F)(F)F)cc2)CC1. The molecule has 2 rings (SSSR count). The molecule has 0 saturated carbocycles. The minimum atomic E-state index is -4.77. The summed E-state index contributed by atoms with van der Waals surface area (Å²) < 4.78 is 40.5. The molecule has 0 aromatic heterocycles. The van der Waals surface area contributed by atoms with E-state index in [1.165, 1.54) is 17.0 Å². The fourth-order valence-corrected chi connectivity index (χ4v) is 2.92. The molecule has 1 aliphatic rings. The van der Waals surface area contributed by atoms with Gasteiger partial charge in [0.05, 0.1) is 0 Å². The predicted molar refractivity (Wildman–Crippen MR) is 85.1 cm³/mol. The number of likely N-dealkylation sites (tertiary alicyclic amines) is 1. The molecule has 0 bridgehead atoms. The number of alkyl halides is 3. The summed E-state index contributed by atoms with van der Waals surface area (Å²) in [5, 5.41) is 0. The van der Waals surface area contributed by atoms with Crippen LogP contribution in [0.2, 0.25) is 0 Å². The minimum absolute atomic E-state index is 0.0535. The molecule has 1 aliphatic heterocycles. The molecule has 25 heavy (non-hydrogen) atoms. The fourth-order valence-electron chi connectivity index (χ4n) is 2.92. The number of rotatable bonds is 4. The summed E-state index contributed by atoms with van der Waals surface area (Å²) in [5.41, 5.74) is 5.85. The highest BCUT2D eigenvalue weighted by Crippen LogP contribution is 2.28. The van der Waals surface area contributed by atoms with Gasteiger partial charge in [-0.1, -0.05) is 6.92 Å². The van der Waals surface area contributed by atoms with Gasteiger partial charge in [-0.3, -0.25) is 9.69 Å². The van der Waals surface area contributed by atoms with E-state index in [0.717, 1.165) is 12.1 Å². The Morgan fingerprint density at radius 1 is 1.24 bits per heavy atom. The number of carbonyl (C=O) groups is 2. The third-order valence-electron chi connectivity index (χ3n) is 4.07. The van der Waals surface area contributed by atoms with E-state index in [2.05, 4.69) is 4.74 Å². The van der Waals surface area contributed by atoms with Crippen LogP contribution >= 0.6 is 0 Å². The molecule has 0 spiro atoms. The average Bonchev–Trinajstić information content (AvgIpc) is 2.55. The van der Waals surface area contributed by atoms with Crippen LogP contribution in [0.3, 0.4) is 0 Å². The van der Waals surface area contributed by atoms with Gasteiger partial charge in [-0.25, -0.2) is 4.79 Å². The van der Waals surface area contributed by atoms with E-state index in [-0.39, 0.29) is 17.7 Å². The number of carbonyl (C=O) groups excluding carboxylic acids is 2. The second kappa shape index (κ2) is 7.62. The van der Waals surface area contributed by atoms with Gasteiger partial charge in [0, 0.05) is 31.2 Å². The Labute approximate surface area is 143 Å². The van der Waals surface area contributed by atoms with Crippen LogP contribution in [0.15, 0.2) is 24.3 Å². The molecule has 1 heterocycles. The van der Waals surface area contributed by atoms with Crippen molar-refractivity contribution >= 4 is 17.6 Å². The Bertz CT molecular complexity index is 611. The first-order chi connectivity index (χ1) is 11.7. The highest BCUT2D eigenvalue weighted by molar-refractivity contribution is 5.91. The number of halogens is 3. The molecule has 3 amide bonds. The quantitative estimate of drug-likeness (QED) is 0.898. The summed E-state index contributed by atoms with van der Waals surface area (Å²) in [5.74, 6) is -0.318. The van der Waals surface area contributed by atoms with E-state index in [9.17, 15) is 22.8 Å². The lowest BCUT2D eigenvalue weighted by Gasteiger charge is -2.37. The molecule has 1 fully saturated rings. The number of primary amides is 1. The van der Waals surface area contributed by atoms with Gasteiger partial charge in [0.25, 0.3) is 0 Å². The predicted octanol–water partition coefficient (Wildman–Crippen LogP) is 2.87. The molecular formula is C16H20F3N3O3. The van der Waals surface area contributed by atoms with Crippen molar-refractivity contribution in [3.8, 4) is 5.75 Å². The number of ether oxygens (including phenoxy) is 1. The van der Waals surface area contributed by atoms with Gasteiger partial charge in [-0.15, -0.1) is 13.2 Å². The van der Waals surface area contributed by atoms with Crippen molar-refractivity contribution < 1.29 is 27.5 Å². The van der Waals surface area contributed by atoms with Crippen molar-refractivity contribution in [1.82, 2.24) is 4.90 Å². The van der Waals surface area contributed by atoms with Gasteiger partial charge in [0.15, 0.2) is 0 Å². The van der Waals surface area contributed by atoms with Gasteiger partial charge < -0.3 is 15.4 Å². The van der Waals surface area contributed by atoms with E-state index >= 15 is 0 Å². The number of nitrogens with zero attached hydrogens (tertiary/aromatic N) is 2. The highest BCUT2D eigenvalue weighted by atomic mass is 19.4. The normalized spacial score (nSPS) is 15.8. The summed E-state index contributed by atoms with van der Waals surface area (Å²) in [6.07, 6.45) is -3.25. The van der Waals surface area contributed by atoms with E-state index in [4.69, 9.17) is 5.73 Å². The van der Waals surface area contributed by atoms with Gasteiger partial charge >= 0.3 is 12.4 Å². The molecule has 9 heteroatoms. The lowest BCUT2D eigenvalue weighted by molar-refractivity contribution is -0.274. The fraction of sp³-hybridized carbons (Fsp3) is 0.500. The Morgan fingerprint density at radius 2 is 1.80 bits per heavy atom. The summed E-state index contributed by atoms with van der Waals surface area (Å²) in [6, 6.07) is 4.07. The molecule has 0 radical (unpaired) electrons. The van der Waals surface area contributed by atoms with Crippen molar-refractivity contribution in [2.24, 2.45) is 5.73 Å². The van der Waals surface area contributed by atoms with Crippen molar-refractivity contribution in [3.63, 3.8) is 0 Å². The Balaban J connectivity index is 2.09. The molecule has 0 unspecified atom stereocenters. The zero-order chi connectivity index (χ0) is 18.6. The van der Waals surface area contributed by atoms with Crippen LogP contribution in [0, 0.1) is 0 Å². The molecule has 6 nitrogen and oxygen atoms in total. The number of urea groups is 1. The Morgan fingerprint density at radius 3 is 2.24 bits per heavy atom. The monoisotopic (exact) mass is 359 g/mol. The molecule has 1 saturated heterocycles. The lowest BCUT2D eigenvalue weighted by atomic mass is 10.0. The molecule has 2 N–H and O–H groups in total. The number of anilines is 1. The number of hydrogen-bond donors (Lipinski definition) is 1. The third-order valence-corrected chi connectivity index (χ3v) is 4.07. The first-order valence-corrected chi connectivity index (χ1v) is 7.93. The number of amides is 3. The topological polar surface area (TPSA) is 75.9 Å². The smallest absolute Gasteiger partial charge is 0.406 e. The zero-order valence-corrected chi connectivity index (χ0v) is 13.8. The maximum atomic E-state index is 12.2. The van der Waals surface area contributed by atoms with Gasteiger partial charge in [0.1, 0.15) is 5.75 Å². The van der Waals surface area contributed by atoms with Crippen LogP contribution < -0.4 is 15.4 Å². The molecule has 1 aromatic rings. The molecular weight excluding hydrogens is 339 g/mol. The van der Waals surface area contributed by atoms with E-state index in [1.807, 2.05) is 0 Å². The second-order valence-corrected chi connectivity index (χ2v) is 5.72. The maximum Gasteiger partial charge on any atom is 0.573 e. The first kappa shape index (κ1) is 18.9. The van der Waals surface area contributed by atoms with Gasteiger partial charge in [-0.2, -0.15) is 0 Å². The molecule has 0 atom stereocenters. The summed E-state index contributed by atoms with van der Waals surface area (Å²) in [7, 11) is 0. The van der Waals surface area contributed by atoms with E-state index in [1.54, 1.807) is 11.8 Å². The second-order valence-electron chi connectivity index (χ2n) is 5.72. The van der Waals surface area contributed by atoms with Crippen molar-refractivity contribution in [1.29, 1.82) is 0 Å². The van der Waals surface area contributed by atoms with Crippen LogP contribution in [-0.4, -0.2) is 42.3 Å². The third kappa shape index (κ3) is 5.01. The van der Waals surface area contributed by atoms with Crippen LogP contribution in [0.4, 0.5) is 23.7 Å². The largest absolute Gasteiger partial charge is 0.573 e.